The van der Waals surface area contributed by atoms with Crippen molar-refractivity contribution in [1.82, 2.24) is 14.5 Å². The molecule has 124 valence electrons. The Morgan fingerprint density at radius 1 is 1.35 bits per heavy atom. The molecule has 2 aromatic rings. The average molecular weight is 317 g/mol. The first kappa shape index (κ1) is 16.0. The lowest BCUT2D eigenvalue weighted by Crippen LogP contribution is -2.39. The first-order chi connectivity index (χ1) is 11.3. The van der Waals surface area contributed by atoms with Crippen LogP contribution in [0.25, 0.3) is 0 Å². The number of imidazole rings is 1. The largest absolute Gasteiger partial charge is 0.489 e. The van der Waals surface area contributed by atoms with E-state index < -0.39 is 0 Å². The van der Waals surface area contributed by atoms with Gasteiger partial charge in [0.25, 0.3) is 0 Å². The summed E-state index contributed by atoms with van der Waals surface area (Å²) in [5.74, 6) is 1.19. The third-order valence-corrected chi connectivity index (χ3v) is 4.44. The Bertz CT molecular complexity index is 628. The molecule has 0 spiro atoms. The molecule has 0 bridgehead atoms. The van der Waals surface area contributed by atoms with Gasteiger partial charge in [-0.25, -0.2) is 9.37 Å². The van der Waals surface area contributed by atoms with E-state index in [9.17, 15) is 4.39 Å². The van der Waals surface area contributed by atoms with Gasteiger partial charge in [-0.15, -0.1) is 0 Å². The highest BCUT2D eigenvalue weighted by Crippen LogP contribution is 2.23. The highest BCUT2D eigenvalue weighted by molar-refractivity contribution is 5.23. The predicted octanol–water partition coefficient (Wildman–Crippen LogP) is 3.30. The minimum absolute atomic E-state index is 0.296. The van der Waals surface area contributed by atoms with Gasteiger partial charge in [-0.2, -0.15) is 0 Å². The summed E-state index contributed by atoms with van der Waals surface area (Å²) in [6.45, 7) is 5.55. The zero-order chi connectivity index (χ0) is 16.1. The quantitative estimate of drug-likeness (QED) is 0.819. The smallest absolute Gasteiger partial charge is 0.165 e. The number of benzene rings is 1. The van der Waals surface area contributed by atoms with Crippen LogP contribution in [0.5, 0.6) is 5.75 Å². The predicted molar refractivity (Wildman–Crippen MR) is 88.2 cm³/mol. The number of para-hydroxylation sites is 1. The van der Waals surface area contributed by atoms with Crippen molar-refractivity contribution >= 4 is 0 Å². The molecular formula is C18H24FN3O. The minimum atomic E-state index is -0.296. The molecule has 3 rings (SSSR count). The molecule has 0 N–H and O–H groups in total. The normalized spacial score (nSPS) is 19.0. The zero-order valence-electron chi connectivity index (χ0n) is 13.6. The molecule has 0 aliphatic carbocycles. The molecule has 1 unspecified atom stereocenters. The lowest BCUT2D eigenvalue weighted by molar-refractivity contribution is 0.146. The molecule has 0 amide bonds. The standard InChI is InChI=1S/C18H24FN3O/c1-2-18-20-9-11-22(18)15-6-5-10-21(14-15)12-13-23-17-8-4-3-7-16(17)19/h3-4,7-9,11,15H,2,5-6,10,12-14H2,1H3. The van der Waals surface area contributed by atoms with Crippen molar-refractivity contribution in [1.29, 1.82) is 0 Å². The maximum atomic E-state index is 13.5. The molecular weight excluding hydrogens is 293 g/mol. The number of ether oxygens (including phenoxy) is 1. The van der Waals surface area contributed by atoms with E-state index in [4.69, 9.17) is 4.74 Å². The van der Waals surface area contributed by atoms with Gasteiger partial charge in [-0.3, -0.25) is 4.90 Å². The van der Waals surface area contributed by atoms with Crippen molar-refractivity contribution in [2.45, 2.75) is 32.2 Å². The molecule has 1 atom stereocenters. The van der Waals surface area contributed by atoms with Crippen LogP contribution >= 0.6 is 0 Å². The SMILES string of the molecule is CCc1nccn1C1CCCN(CCOc2ccccc2F)C1. The number of likely N-dealkylation sites (tertiary alicyclic amines) is 1. The van der Waals surface area contributed by atoms with Gasteiger partial charge in [0.1, 0.15) is 12.4 Å². The number of halogens is 1. The monoisotopic (exact) mass is 317 g/mol. The topological polar surface area (TPSA) is 30.3 Å². The van der Waals surface area contributed by atoms with E-state index in [2.05, 4.69) is 27.6 Å². The number of hydrogen-bond acceptors (Lipinski definition) is 3. The number of aryl methyl sites for hydroxylation is 1. The molecule has 5 heteroatoms. The maximum Gasteiger partial charge on any atom is 0.165 e. The number of piperidine rings is 1. The first-order valence-corrected chi connectivity index (χ1v) is 8.39. The second-order valence-corrected chi connectivity index (χ2v) is 5.98. The Kier molecular flexibility index (Phi) is 5.28. The number of rotatable bonds is 6. The molecule has 4 nitrogen and oxygen atoms in total. The molecule has 2 heterocycles. The minimum Gasteiger partial charge on any atom is -0.489 e. The summed E-state index contributed by atoms with van der Waals surface area (Å²) in [6, 6.07) is 7.05. The van der Waals surface area contributed by atoms with E-state index in [1.54, 1.807) is 18.2 Å². The van der Waals surface area contributed by atoms with Crippen LogP contribution in [0.4, 0.5) is 4.39 Å². The highest BCUT2D eigenvalue weighted by Gasteiger charge is 2.22. The average Bonchev–Trinajstić information content (AvgIpc) is 3.06. The van der Waals surface area contributed by atoms with Gasteiger partial charge >= 0.3 is 0 Å². The highest BCUT2D eigenvalue weighted by atomic mass is 19.1. The molecule has 23 heavy (non-hydrogen) atoms. The van der Waals surface area contributed by atoms with Crippen LogP contribution in [0.1, 0.15) is 31.6 Å². The second-order valence-electron chi connectivity index (χ2n) is 5.98. The van der Waals surface area contributed by atoms with Gasteiger partial charge in [0.05, 0.1) is 0 Å². The van der Waals surface area contributed by atoms with Crippen molar-refractivity contribution in [2.24, 2.45) is 0 Å². The summed E-state index contributed by atoms with van der Waals surface area (Å²) in [7, 11) is 0. The number of hydrogen-bond donors (Lipinski definition) is 0. The van der Waals surface area contributed by atoms with Gasteiger partial charge in [-0.1, -0.05) is 19.1 Å². The molecule has 1 aliphatic heterocycles. The summed E-state index contributed by atoms with van der Waals surface area (Å²) >= 11 is 0. The Balaban J connectivity index is 1.52. The third kappa shape index (κ3) is 3.91. The lowest BCUT2D eigenvalue weighted by atomic mass is 10.1. The fourth-order valence-electron chi connectivity index (χ4n) is 3.26. The van der Waals surface area contributed by atoms with Crippen LogP contribution in [-0.4, -0.2) is 40.7 Å². The third-order valence-electron chi connectivity index (χ3n) is 4.44. The van der Waals surface area contributed by atoms with Crippen LogP contribution in [0.2, 0.25) is 0 Å². The fraction of sp³-hybridized carbons (Fsp3) is 0.500. The molecule has 1 fully saturated rings. The van der Waals surface area contributed by atoms with Crippen LogP contribution in [0, 0.1) is 5.82 Å². The Hall–Kier alpha value is -1.88. The molecule has 1 aliphatic rings. The number of aromatic nitrogens is 2. The fourth-order valence-corrected chi connectivity index (χ4v) is 3.26. The first-order valence-electron chi connectivity index (χ1n) is 8.39. The molecule has 0 radical (unpaired) electrons. The van der Waals surface area contributed by atoms with Crippen molar-refractivity contribution in [3.63, 3.8) is 0 Å². The second kappa shape index (κ2) is 7.59. The number of nitrogens with zero attached hydrogens (tertiary/aromatic N) is 3. The van der Waals surface area contributed by atoms with E-state index in [0.29, 0.717) is 18.4 Å². The van der Waals surface area contributed by atoms with Crippen molar-refractivity contribution in [3.8, 4) is 5.75 Å². The molecule has 1 aromatic heterocycles. The van der Waals surface area contributed by atoms with Crippen molar-refractivity contribution in [3.05, 3.63) is 48.3 Å². The van der Waals surface area contributed by atoms with Gasteiger partial charge in [0.2, 0.25) is 0 Å². The van der Waals surface area contributed by atoms with Crippen LogP contribution in [0.15, 0.2) is 36.7 Å². The van der Waals surface area contributed by atoms with Gasteiger partial charge in [0.15, 0.2) is 11.6 Å². The molecule has 1 aromatic carbocycles. The summed E-state index contributed by atoms with van der Waals surface area (Å²) in [6.07, 6.45) is 7.29. The van der Waals surface area contributed by atoms with Crippen molar-refractivity contribution < 1.29 is 9.13 Å². The van der Waals surface area contributed by atoms with E-state index in [1.807, 2.05) is 6.20 Å². The van der Waals surface area contributed by atoms with E-state index >= 15 is 0 Å². The lowest BCUT2D eigenvalue weighted by Gasteiger charge is -2.34. The summed E-state index contributed by atoms with van der Waals surface area (Å²) in [5.41, 5.74) is 0. The van der Waals surface area contributed by atoms with E-state index in [-0.39, 0.29) is 5.82 Å². The summed E-state index contributed by atoms with van der Waals surface area (Å²) in [5, 5.41) is 0. The zero-order valence-corrected chi connectivity index (χ0v) is 13.6. The van der Waals surface area contributed by atoms with E-state index in [0.717, 1.165) is 31.9 Å². The van der Waals surface area contributed by atoms with Gasteiger partial charge in [0, 0.05) is 37.9 Å². The Morgan fingerprint density at radius 3 is 3.04 bits per heavy atom. The van der Waals surface area contributed by atoms with Crippen LogP contribution in [-0.2, 0) is 6.42 Å². The Morgan fingerprint density at radius 2 is 2.22 bits per heavy atom. The summed E-state index contributed by atoms with van der Waals surface area (Å²) in [4.78, 5) is 6.82. The molecule has 0 saturated carbocycles. The maximum absolute atomic E-state index is 13.5. The van der Waals surface area contributed by atoms with Crippen LogP contribution in [0.3, 0.4) is 0 Å². The van der Waals surface area contributed by atoms with Crippen LogP contribution < -0.4 is 4.74 Å². The van der Waals surface area contributed by atoms with Gasteiger partial charge in [-0.05, 0) is 31.5 Å². The summed E-state index contributed by atoms with van der Waals surface area (Å²) < 4.78 is 21.4. The van der Waals surface area contributed by atoms with Crippen molar-refractivity contribution in [2.75, 3.05) is 26.2 Å². The van der Waals surface area contributed by atoms with E-state index in [1.165, 1.54) is 18.9 Å². The Labute approximate surface area is 136 Å². The van der Waals surface area contributed by atoms with Gasteiger partial charge < -0.3 is 9.30 Å². The molecule has 1 saturated heterocycles.